The number of fused-ring (bicyclic) bond motifs is 1. The quantitative estimate of drug-likeness (QED) is 0.735. The first-order valence-electron chi connectivity index (χ1n) is 9.16. The molecule has 5 nitrogen and oxygen atoms in total. The summed E-state index contributed by atoms with van der Waals surface area (Å²) in [4.78, 5) is 25.5. The molecule has 1 fully saturated rings. The molecule has 1 atom stereocenters. The summed E-state index contributed by atoms with van der Waals surface area (Å²) in [5, 5.41) is 1.02. The molecule has 1 aliphatic rings. The Labute approximate surface area is 153 Å². The molecule has 0 amide bonds. The Kier molecular flexibility index (Phi) is 4.47. The van der Waals surface area contributed by atoms with Gasteiger partial charge in [0.05, 0.1) is 6.04 Å². The highest BCUT2D eigenvalue weighted by molar-refractivity contribution is 6.11. The molecular weight excluding hydrogens is 324 g/mol. The predicted molar refractivity (Wildman–Crippen MR) is 105 cm³/mol. The van der Waals surface area contributed by atoms with E-state index < -0.39 is 0 Å². The van der Waals surface area contributed by atoms with Crippen molar-refractivity contribution >= 4 is 22.5 Å². The third-order valence-electron chi connectivity index (χ3n) is 5.35. The number of anilines is 1. The molecule has 0 spiro atoms. The molecular formula is C21H24N4O. The molecule has 0 unspecified atom stereocenters. The van der Waals surface area contributed by atoms with Gasteiger partial charge < -0.3 is 9.88 Å². The second-order valence-corrected chi connectivity index (χ2v) is 6.92. The van der Waals surface area contributed by atoms with Crippen LogP contribution in [0.15, 0.2) is 48.7 Å². The molecule has 0 bridgehead atoms. The maximum atomic E-state index is 13.2. The van der Waals surface area contributed by atoms with Crippen LogP contribution in [-0.4, -0.2) is 52.9 Å². The number of hydrogen-bond donors (Lipinski definition) is 1. The Morgan fingerprint density at radius 2 is 1.81 bits per heavy atom. The van der Waals surface area contributed by atoms with E-state index in [-0.39, 0.29) is 11.8 Å². The number of pyridine rings is 1. The lowest BCUT2D eigenvalue weighted by Crippen LogP contribution is -2.52. The van der Waals surface area contributed by atoms with Gasteiger partial charge in [0.25, 0.3) is 0 Å². The first-order valence-corrected chi connectivity index (χ1v) is 9.16. The molecule has 5 heteroatoms. The van der Waals surface area contributed by atoms with Gasteiger partial charge in [-0.2, -0.15) is 0 Å². The fourth-order valence-electron chi connectivity index (χ4n) is 3.85. The largest absolute Gasteiger partial charge is 0.358 e. The van der Waals surface area contributed by atoms with Crippen molar-refractivity contribution in [3.8, 4) is 0 Å². The van der Waals surface area contributed by atoms with Gasteiger partial charge in [-0.15, -0.1) is 0 Å². The lowest BCUT2D eigenvalue weighted by Gasteiger charge is -2.38. The second-order valence-electron chi connectivity index (χ2n) is 6.92. The number of benzene rings is 1. The fraction of sp³-hybridized carbons (Fsp3) is 0.333. The molecule has 134 valence electrons. The van der Waals surface area contributed by atoms with Crippen molar-refractivity contribution in [3.63, 3.8) is 0 Å². The van der Waals surface area contributed by atoms with Gasteiger partial charge >= 0.3 is 0 Å². The monoisotopic (exact) mass is 348 g/mol. The SMILES string of the molecule is Cc1[nH]c2ccccc2c1C(=O)[C@H](C)N1CCN(c2ccccn2)CC1. The van der Waals surface area contributed by atoms with E-state index in [1.54, 1.807) is 0 Å². The zero-order chi connectivity index (χ0) is 18.1. The number of rotatable bonds is 4. The first-order chi connectivity index (χ1) is 12.6. The molecule has 26 heavy (non-hydrogen) atoms. The second kappa shape index (κ2) is 6.92. The van der Waals surface area contributed by atoms with Crippen LogP contribution in [0.4, 0.5) is 5.82 Å². The highest BCUT2D eigenvalue weighted by Gasteiger charge is 2.29. The highest BCUT2D eigenvalue weighted by Crippen LogP contribution is 2.25. The molecule has 1 aliphatic heterocycles. The smallest absolute Gasteiger partial charge is 0.182 e. The van der Waals surface area contributed by atoms with Crippen molar-refractivity contribution in [1.82, 2.24) is 14.9 Å². The van der Waals surface area contributed by atoms with E-state index >= 15 is 0 Å². The van der Waals surface area contributed by atoms with E-state index in [0.29, 0.717) is 0 Å². The molecule has 1 N–H and O–H groups in total. The Hall–Kier alpha value is -2.66. The number of piperazine rings is 1. The molecule has 3 heterocycles. The highest BCUT2D eigenvalue weighted by atomic mass is 16.1. The lowest BCUT2D eigenvalue weighted by molar-refractivity contribution is 0.0831. The van der Waals surface area contributed by atoms with Crippen LogP contribution < -0.4 is 4.90 Å². The van der Waals surface area contributed by atoms with Gasteiger partial charge in [0, 0.05) is 54.5 Å². The van der Waals surface area contributed by atoms with E-state index in [1.807, 2.05) is 62.5 Å². The number of para-hydroxylation sites is 1. The Bertz CT molecular complexity index is 910. The summed E-state index contributed by atoms with van der Waals surface area (Å²) in [6.45, 7) is 7.53. The average Bonchev–Trinajstić information content (AvgIpc) is 3.03. The summed E-state index contributed by atoms with van der Waals surface area (Å²) in [5.74, 6) is 1.21. The van der Waals surface area contributed by atoms with Crippen molar-refractivity contribution in [2.45, 2.75) is 19.9 Å². The normalized spacial score (nSPS) is 16.8. The van der Waals surface area contributed by atoms with Gasteiger partial charge in [-0.25, -0.2) is 4.98 Å². The summed E-state index contributed by atoms with van der Waals surface area (Å²) in [7, 11) is 0. The molecule has 2 aromatic heterocycles. The number of aromatic amines is 1. The molecule has 3 aromatic rings. The number of aromatic nitrogens is 2. The number of carbonyl (C=O) groups is 1. The molecule has 0 radical (unpaired) electrons. The number of Topliss-reactive ketones (excluding diaryl/α,β-unsaturated/α-hetero) is 1. The number of aryl methyl sites for hydroxylation is 1. The minimum absolute atomic E-state index is 0.126. The van der Waals surface area contributed by atoms with Crippen LogP contribution in [0.1, 0.15) is 23.0 Å². The molecule has 1 aromatic carbocycles. The van der Waals surface area contributed by atoms with Crippen LogP contribution in [0, 0.1) is 6.92 Å². The third-order valence-corrected chi connectivity index (χ3v) is 5.35. The standard InChI is InChI=1S/C21H24N4O/c1-15-20(17-7-3-4-8-18(17)23-15)21(26)16(2)24-11-13-25(14-12-24)19-9-5-6-10-22-19/h3-10,16,23H,11-14H2,1-2H3/t16-/m0/s1. The molecule has 0 saturated carbocycles. The number of ketones is 1. The minimum atomic E-state index is -0.126. The van der Waals surface area contributed by atoms with Gasteiger partial charge in [0.15, 0.2) is 5.78 Å². The number of nitrogens with one attached hydrogen (secondary N) is 1. The van der Waals surface area contributed by atoms with Crippen LogP contribution in [0.3, 0.4) is 0 Å². The Balaban J connectivity index is 1.49. The Morgan fingerprint density at radius 1 is 1.08 bits per heavy atom. The minimum Gasteiger partial charge on any atom is -0.358 e. The fourth-order valence-corrected chi connectivity index (χ4v) is 3.85. The molecule has 4 rings (SSSR count). The number of carbonyl (C=O) groups excluding carboxylic acids is 1. The first kappa shape index (κ1) is 16.8. The summed E-state index contributed by atoms with van der Waals surface area (Å²) in [5.41, 5.74) is 2.82. The number of H-pyrrole nitrogens is 1. The molecule has 0 aliphatic carbocycles. The predicted octanol–water partition coefficient (Wildman–Crippen LogP) is 3.26. The van der Waals surface area contributed by atoms with Gasteiger partial charge in [0.1, 0.15) is 5.82 Å². The van der Waals surface area contributed by atoms with E-state index in [2.05, 4.69) is 19.8 Å². The zero-order valence-electron chi connectivity index (χ0n) is 15.3. The van der Waals surface area contributed by atoms with E-state index in [1.165, 1.54) is 0 Å². The van der Waals surface area contributed by atoms with Crippen LogP contribution in [0.2, 0.25) is 0 Å². The number of hydrogen-bond acceptors (Lipinski definition) is 4. The summed E-state index contributed by atoms with van der Waals surface area (Å²) < 4.78 is 0. The maximum absolute atomic E-state index is 13.2. The van der Waals surface area contributed by atoms with Crippen molar-refractivity contribution in [2.75, 3.05) is 31.1 Å². The zero-order valence-corrected chi connectivity index (χ0v) is 15.3. The van der Waals surface area contributed by atoms with Crippen molar-refractivity contribution in [3.05, 3.63) is 59.9 Å². The molecule has 1 saturated heterocycles. The van der Waals surface area contributed by atoms with Gasteiger partial charge in [-0.05, 0) is 32.0 Å². The van der Waals surface area contributed by atoms with Gasteiger partial charge in [-0.1, -0.05) is 24.3 Å². The summed E-state index contributed by atoms with van der Waals surface area (Å²) in [6.07, 6.45) is 1.83. The topological polar surface area (TPSA) is 52.2 Å². The van der Waals surface area contributed by atoms with E-state index in [0.717, 1.165) is 54.2 Å². The van der Waals surface area contributed by atoms with E-state index in [4.69, 9.17) is 0 Å². The van der Waals surface area contributed by atoms with Crippen LogP contribution in [0.25, 0.3) is 10.9 Å². The number of nitrogens with zero attached hydrogens (tertiary/aromatic N) is 3. The van der Waals surface area contributed by atoms with Crippen LogP contribution in [0.5, 0.6) is 0 Å². The van der Waals surface area contributed by atoms with Crippen LogP contribution in [-0.2, 0) is 0 Å². The Morgan fingerprint density at radius 3 is 2.54 bits per heavy atom. The van der Waals surface area contributed by atoms with Crippen molar-refractivity contribution in [2.24, 2.45) is 0 Å². The average molecular weight is 348 g/mol. The third kappa shape index (κ3) is 2.99. The van der Waals surface area contributed by atoms with E-state index in [9.17, 15) is 4.79 Å². The lowest BCUT2D eigenvalue weighted by atomic mass is 10.0. The van der Waals surface area contributed by atoms with Crippen molar-refractivity contribution in [1.29, 1.82) is 0 Å². The van der Waals surface area contributed by atoms with Gasteiger partial charge in [0.2, 0.25) is 0 Å². The summed E-state index contributed by atoms with van der Waals surface area (Å²) >= 11 is 0. The maximum Gasteiger partial charge on any atom is 0.182 e. The van der Waals surface area contributed by atoms with Crippen molar-refractivity contribution < 1.29 is 4.79 Å². The van der Waals surface area contributed by atoms with Crippen LogP contribution >= 0.6 is 0 Å². The summed E-state index contributed by atoms with van der Waals surface area (Å²) in [6, 6.07) is 13.9. The van der Waals surface area contributed by atoms with Gasteiger partial charge in [-0.3, -0.25) is 9.69 Å².